The first-order valence-electron chi connectivity index (χ1n) is 4.57. The normalized spacial score (nSPS) is 9.86. The first-order chi connectivity index (χ1) is 6.77. The topological polar surface area (TPSA) is 46.5 Å². The molecule has 1 rings (SSSR count). The average Bonchev–Trinajstić information content (AvgIpc) is 2.18. The first-order valence-corrected chi connectivity index (χ1v) is 4.57. The molecule has 1 N–H and O–H groups in total. The Balaban J connectivity index is 2.62. The van der Waals surface area contributed by atoms with Crippen LogP contribution in [0, 0.1) is 6.92 Å². The second-order valence-corrected chi connectivity index (χ2v) is 3.06. The highest BCUT2D eigenvalue weighted by Crippen LogP contribution is 2.15. The Morgan fingerprint density at radius 1 is 1.50 bits per heavy atom. The SMILES string of the molecule is Cc1cc(OCCCO)ccc1C=O. The standard InChI is InChI=1S/C11H14O3/c1-9-7-11(14-6-2-5-12)4-3-10(9)8-13/h3-4,7-8,12H,2,5-6H2,1H3. The molecule has 14 heavy (non-hydrogen) atoms. The summed E-state index contributed by atoms with van der Waals surface area (Å²) in [5.41, 5.74) is 1.58. The van der Waals surface area contributed by atoms with Gasteiger partial charge < -0.3 is 9.84 Å². The summed E-state index contributed by atoms with van der Waals surface area (Å²) < 4.78 is 5.35. The van der Waals surface area contributed by atoms with Crippen LogP contribution in [0.1, 0.15) is 22.3 Å². The third-order valence-electron chi connectivity index (χ3n) is 1.94. The molecule has 3 nitrogen and oxygen atoms in total. The van der Waals surface area contributed by atoms with Gasteiger partial charge in [0.25, 0.3) is 0 Å². The van der Waals surface area contributed by atoms with Gasteiger partial charge in [0.15, 0.2) is 0 Å². The van der Waals surface area contributed by atoms with E-state index in [2.05, 4.69) is 0 Å². The zero-order chi connectivity index (χ0) is 10.4. The second kappa shape index (κ2) is 5.40. The number of aldehydes is 1. The van der Waals surface area contributed by atoms with Gasteiger partial charge in [0, 0.05) is 18.6 Å². The minimum Gasteiger partial charge on any atom is -0.493 e. The van der Waals surface area contributed by atoms with E-state index >= 15 is 0 Å². The lowest BCUT2D eigenvalue weighted by atomic mass is 10.1. The maximum Gasteiger partial charge on any atom is 0.150 e. The molecule has 0 saturated heterocycles. The van der Waals surface area contributed by atoms with E-state index in [1.807, 2.05) is 13.0 Å². The predicted molar refractivity (Wildman–Crippen MR) is 53.8 cm³/mol. The molecule has 0 aromatic heterocycles. The van der Waals surface area contributed by atoms with Gasteiger partial charge in [-0.2, -0.15) is 0 Å². The number of hydrogen-bond donors (Lipinski definition) is 1. The molecule has 0 fully saturated rings. The maximum absolute atomic E-state index is 10.5. The molecule has 1 aromatic rings. The minimum absolute atomic E-state index is 0.130. The molecule has 3 heteroatoms. The number of carbonyl (C=O) groups excluding carboxylic acids is 1. The molecule has 0 atom stereocenters. The van der Waals surface area contributed by atoms with Crippen LogP contribution >= 0.6 is 0 Å². The molecule has 0 aliphatic heterocycles. The van der Waals surface area contributed by atoms with E-state index in [9.17, 15) is 4.79 Å². The zero-order valence-corrected chi connectivity index (χ0v) is 8.19. The van der Waals surface area contributed by atoms with Crippen molar-refractivity contribution in [3.63, 3.8) is 0 Å². The van der Waals surface area contributed by atoms with Crippen molar-refractivity contribution in [2.45, 2.75) is 13.3 Å². The molecule has 76 valence electrons. The molecule has 0 spiro atoms. The third kappa shape index (κ3) is 2.85. The summed E-state index contributed by atoms with van der Waals surface area (Å²) >= 11 is 0. The number of aryl methyl sites for hydroxylation is 1. The maximum atomic E-state index is 10.5. The Labute approximate surface area is 83.3 Å². The van der Waals surface area contributed by atoms with Crippen molar-refractivity contribution in [2.75, 3.05) is 13.2 Å². The molecule has 0 heterocycles. The molecular formula is C11H14O3. The highest BCUT2D eigenvalue weighted by Gasteiger charge is 1.99. The van der Waals surface area contributed by atoms with Gasteiger partial charge in [-0.15, -0.1) is 0 Å². The van der Waals surface area contributed by atoms with Crippen LogP contribution in [0.3, 0.4) is 0 Å². The van der Waals surface area contributed by atoms with Crippen LogP contribution in [-0.4, -0.2) is 24.6 Å². The molecule has 0 saturated carbocycles. The van der Waals surface area contributed by atoms with Crippen molar-refractivity contribution in [2.24, 2.45) is 0 Å². The zero-order valence-electron chi connectivity index (χ0n) is 8.19. The van der Waals surface area contributed by atoms with Crippen molar-refractivity contribution >= 4 is 6.29 Å². The number of carbonyl (C=O) groups is 1. The van der Waals surface area contributed by atoms with E-state index in [-0.39, 0.29) is 6.61 Å². The van der Waals surface area contributed by atoms with Gasteiger partial charge in [-0.05, 0) is 30.7 Å². The highest BCUT2D eigenvalue weighted by molar-refractivity contribution is 5.77. The Bertz CT molecular complexity index is 307. The summed E-state index contributed by atoms with van der Waals surface area (Å²) in [6, 6.07) is 5.31. The van der Waals surface area contributed by atoms with Crippen LogP contribution in [0.2, 0.25) is 0 Å². The number of rotatable bonds is 5. The van der Waals surface area contributed by atoms with Crippen LogP contribution in [0.15, 0.2) is 18.2 Å². The molecule has 0 amide bonds. The molecule has 0 unspecified atom stereocenters. The molecule has 1 aromatic carbocycles. The quantitative estimate of drug-likeness (QED) is 0.571. The molecular weight excluding hydrogens is 180 g/mol. The van der Waals surface area contributed by atoms with Crippen molar-refractivity contribution in [1.82, 2.24) is 0 Å². The van der Waals surface area contributed by atoms with Crippen molar-refractivity contribution in [3.05, 3.63) is 29.3 Å². The Kier molecular flexibility index (Phi) is 4.13. The van der Waals surface area contributed by atoms with Crippen LogP contribution < -0.4 is 4.74 Å². The summed E-state index contributed by atoms with van der Waals surface area (Å²) in [6.07, 6.45) is 1.45. The van der Waals surface area contributed by atoms with E-state index in [0.717, 1.165) is 17.6 Å². The van der Waals surface area contributed by atoms with E-state index in [1.54, 1.807) is 12.1 Å². The summed E-state index contributed by atoms with van der Waals surface area (Å²) in [6.45, 7) is 2.49. The Hall–Kier alpha value is -1.35. The smallest absolute Gasteiger partial charge is 0.150 e. The van der Waals surface area contributed by atoms with Gasteiger partial charge >= 0.3 is 0 Å². The fourth-order valence-electron chi connectivity index (χ4n) is 1.12. The second-order valence-electron chi connectivity index (χ2n) is 3.06. The van der Waals surface area contributed by atoms with E-state index < -0.39 is 0 Å². The van der Waals surface area contributed by atoms with Crippen molar-refractivity contribution < 1.29 is 14.6 Å². The summed E-state index contributed by atoms with van der Waals surface area (Å²) in [4.78, 5) is 10.5. The monoisotopic (exact) mass is 194 g/mol. The van der Waals surface area contributed by atoms with E-state index in [0.29, 0.717) is 18.6 Å². The number of hydrogen-bond acceptors (Lipinski definition) is 3. The summed E-state index contributed by atoms with van der Waals surface area (Å²) in [5.74, 6) is 0.738. The van der Waals surface area contributed by atoms with Gasteiger partial charge in [0.1, 0.15) is 12.0 Å². The van der Waals surface area contributed by atoms with Crippen LogP contribution in [0.4, 0.5) is 0 Å². The number of aliphatic hydroxyl groups excluding tert-OH is 1. The molecule has 0 bridgehead atoms. The van der Waals surface area contributed by atoms with Crippen molar-refractivity contribution in [1.29, 1.82) is 0 Å². The highest BCUT2D eigenvalue weighted by atomic mass is 16.5. The number of benzene rings is 1. The molecule has 0 aliphatic carbocycles. The summed E-state index contributed by atoms with van der Waals surface area (Å²) in [5, 5.41) is 8.55. The average molecular weight is 194 g/mol. The van der Waals surface area contributed by atoms with Crippen LogP contribution in [0.25, 0.3) is 0 Å². The molecule has 0 radical (unpaired) electrons. The lowest BCUT2D eigenvalue weighted by molar-refractivity contribution is 0.112. The lowest BCUT2D eigenvalue weighted by Crippen LogP contribution is -2.00. The first kappa shape index (κ1) is 10.7. The lowest BCUT2D eigenvalue weighted by Gasteiger charge is -2.06. The fourth-order valence-corrected chi connectivity index (χ4v) is 1.12. The number of ether oxygens (including phenoxy) is 1. The largest absolute Gasteiger partial charge is 0.493 e. The molecule has 0 aliphatic rings. The van der Waals surface area contributed by atoms with Gasteiger partial charge in [0.05, 0.1) is 6.61 Å². The summed E-state index contributed by atoms with van der Waals surface area (Å²) in [7, 11) is 0. The van der Waals surface area contributed by atoms with E-state index in [4.69, 9.17) is 9.84 Å². The third-order valence-corrected chi connectivity index (χ3v) is 1.94. The van der Waals surface area contributed by atoms with Crippen molar-refractivity contribution in [3.8, 4) is 5.75 Å². The van der Waals surface area contributed by atoms with E-state index in [1.165, 1.54) is 0 Å². The predicted octanol–water partition coefficient (Wildman–Crippen LogP) is 1.57. The van der Waals surface area contributed by atoms with Crippen LogP contribution in [0.5, 0.6) is 5.75 Å². The Morgan fingerprint density at radius 3 is 2.86 bits per heavy atom. The van der Waals surface area contributed by atoms with Gasteiger partial charge in [-0.3, -0.25) is 4.79 Å². The van der Waals surface area contributed by atoms with Gasteiger partial charge in [-0.1, -0.05) is 0 Å². The Morgan fingerprint density at radius 2 is 2.29 bits per heavy atom. The minimum atomic E-state index is 0.130. The number of aliphatic hydroxyl groups is 1. The van der Waals surface area contributed by atoms with Crippen LogP contribution in [-0.2, 0) is 0 Å². The van der Waals surface area contributed by atoms with Gasteiger partial charge in [0.2, 0.25) is 0 Å². The van der Waals surface area contributed by atoms with Gasteiger partial charge in [-0.25, -0.2) is 0 Å². The fraction of sp³-hybridized carbons (Fsp3) is 0.364.